The lowest BCUT2D eigenvalue weighted by Crippen LogP contribution is -2.40. The average molecular weight is 351 g/mol. The summed E-state index contributed by atoms with van der Waals surface area (Å²) < 4.78 is 0. The maximum Gasteiger partial charge on any atom is 0.290 e. The van der Waals surface area contributed by atoms with E-state index in [-0.39, 0.29) is 24.2 Å². The molecular formula is C18H29N3O4. The van der Waals surface area contributed by atoms with Gasteiger partial charge in [-0.25, -0.2) is 0 Å². The number of hydrogen-bond acceptors (Lipinski definition) is 4. The molecule has 0 radical (unpaired) electrons. The van der Waals surface area contributed by atoms with Crippen molar-refractivity contribution >= 4 is 18.3 Å². The van der Waals surface area contributed by atoms with E-state index in [0.717, 1.165) is 45.6 Å². The molecular weight excluding hydrogens is 322 g/mol. The molecule has 0 aliphatic carbocycles. The number of carbonyl (C=O) groups is 3. The highest BCUT2D eigenvalue weighted by Gasteiger charge is 2.36. The summed E-state index contributed by atoms with van der Waals surface area (Å²) in [5.74, 6) is 6.40. The zero-order valence-electron chi connectivity index (χ0n) is 15.2. The van der Waals surface area contributed by atoms with E-state index in [9.17, 15) is 9.59 Å². The smallest absolute Gasteiger partial charge is 0.290 e. The van der Waals surface area contributed by atoms with Crippen molar-refractivity contribution in [1.82, 2.24) is 14.7 Å². The van der Waals surface area contributed by atoms with Gasteiger partial charge < -0.3 is 14.9 Å². The summed E-state index contributed by atoms with van der Waals surface area (Å²) in [7, 11) is 0. The van der Waals surface area contributed by atoms with Crippen molar-refractivity contribution in [1.29, 1.82) is 0 Å². The molecule has 0 saturated carbocycles. The molecule has 7 nitrogen and oxygen atoms in total. The topological polar surface area (TPSA) is 81.2 Å². The largest absolute Gasteiger partial charge is 0.483 e. The summed E-state index contributed by atoms with van der Waals surface area (Å²) in [4.78, 5) is 38.8. The van der Waals surface area contributed by atoms with Gasteiger partial charge in [-0.3, -0.25) is 19.3 Å². The minimum absolute atomic E-state index is 0.118. The number of nitrogens with zero attached hydrogens (tertiary/aromatic N) is 3. The molecule has 0 spiro atoms. The van der Waals surface area contributed by atoms with Crippen molar-refractivity contribution in [3.63, 3.8) is 0 Å². The molecule has 1 unspecified atom stereocenters. The van der Waals surface area contributed by atoms with E-state index in [1.165, 1.54) is 0 Å². The fraction of sp³-hybridized carbons (Fsp3) is 0.722. The van der Waals surface area contributed by atoms with Gasteiger partial charge in [-0.15, -0.1) is 5.92 Å². The summed E-state index contributed by atoms with van der Waals surface area (Å²) in [6.07, 6.45) is 2.26. The fourth-order valence-electron chi connectivity index (χ4n) is 3.14. The van der Waals surface area contributed by atoms with Crippen molar-refractivity contribution in [2.24, 2.45) is 5.92 Å². The van der Waals surface area contributed by atoms with Crippen LogP contribution in [0.1, 0.15) is 33.1 Å². The van der Waals surface area contributed by atoms with E-state index in [1.807, 2.05) is 11.8 Å². The van der Waals surface area contributed by atoms with Crippen LogP contribution >= 0.6 is 0 Å². The van der Waals surface area contributed by atoms with Crippen molar-refractivity contribution in [2.45, 2.75) is 33.1 Å². The van der Waals surface area contributed by atoms with Gasteiger partial charge in [0.15, 0.2) is 0 Å². The molecule has 140 valence electrons. The quantitative estimate of drug-likeness (QED) is 0.592. The average Bonchev–Trinajstić information content (AvgIpc) is 2.82. The first kappa shape index (κ1) is 21.0. The van der Waals surface area contributed by atoms with Crippen LogP contribution in [-0.4, -0.2) is 83.9 Å². The fourth-order valence-corrected chi connectivity index (χ4v) is 3.14. The lowest BCUT2D eigenvalue weighted by molar-refractivity contribution is -0.135. The van der Waals surface area contributed by atoms with Gasteiger partial charge in [-0.1, -0.05) is 12.8 Å². The van der Waals surface area contributed by atoms with Crippen LogP contribution in [0.2, 0.25) is 0 Å². The lowest BCUT2D eigenvalue weighted by Gasteiger charge is -2.24. The van der Waals surface area contributed by atoms with E-state index < -0.39 is 0 Å². The first-order valence-electron chi connectivity index (χ1n) is 8.89. The van der Waals surface area contributed by atoms with Crippen molar-refractivity contribution in [3.8, 4) is 11.8 Å². The van der Waals surface area contributed by atoms with Gasteiger partial charge in [-0.2, -0.15) is 0 Å². The van der Waals surface area contributed by atoms with Crippen molar-refractivity contribution in [2.75, 3.05) is 45.8 Å². The van der Waals surface area contributed by atoms with Gasteiger partial charge in [0.2, 0.25) is 11.8 Å². The zero-order chi connectivity index (χ0) is 18.7. The standard InChI is InChI=1S/C17H27N3O2.CH2O2/c1-3-5-6-8-18-9-7-10-20(12-11-18)17(22)15-13-16(21)19(4-2)14-15;2-1-3/h15H,3-4,7-14H2,1-2H3;1H,(H,2,3). The summed E-state index contributed by atoms with van der Waals surface area (Å²) in [5, 5.41) is 6.89. The molecule has 2 aliphatic heterocycles. The second kappa shape index (κ2) is 11.5. The van der Waals surface area contributed by atoms with Crippen LogP contribution in [0, 0.1) is 17.8 Å². The summed E-state index contributed by atoms with van der Waals surface area (Å²) in [6, 6.07) is 0. The Morgan fingerprint density at radius 2 is 1.96 bits per heavy atom. The number of likely N-dealkylation sites (tertiary alicyclic amines) is 1. The monoisotopic (exact) mass is 351 g/mol. The molecule has 2 fully saturated rings. The van der Waals surface area contributed by atoms with E-state index in [1.54, 1.807) is 4.90 Å². The summed E-state index contributed by atoms with van der Waals surface area (Å²) >= 11 is 0. The molecule has 7 heteroatoms. The van der Waals surface area contributed by atoms with Crippen LogP contribution < -0.4 is 0 Å². The van der Waals surface area contributed by atoms with Crippen LogP contribution in [0.15, 0.2) is 0 Å². The first-order chi connectivity index (χ1) is 12.1. The second-order valence-corrected chi connectivity index (χ2v) is 6.10. The Labute approximate surface area is 149 Å². The molecule has 2 heterocycles. The minimum atomic E-state index is -0.250. The molecule has 2 amide bonds. The maximum atomic E-state index is 12.6. The SMILES string of the molecule is CCC#CCN1CCCN(C(=O)C2CC(=O)N(CC)C2)CC1.O=CO. The molecule has 2 saturated heterocycles. The highest BCUT2D eigenvalue weighted by Crippen LogP contribution is 2.20. The van der Waals surface area contributed by atoms with Gasteiger partial charge in [0.25, 0.3) is 6.47 Å². The number of carbonyl (C=O) groups excluding carboxylic acids is 2. The molecule has 2 rings (SSSR count). The Kier molecular flexibility index (Phi) is 9.63. The summed E-state index contributed by atoms with van der Waals surface area (Å²) in [6.45, 7) is 9.28. The van der Waals surface area contributed by atoms with Crippen LogP contribution in [0.25, 0.3) is 0 Å². The van der Waals surface area contributed by atoms with Crippen LogP contribution in [0.5, 0.6) is 0 Å². The summed E-state index contributed by atoms with van der Waals surface area (Å²) in [5.41, 5.74) is 0. The maximum absolute atomic E-state index is 12.6. The zero-order valence-corrected chi connectivity index (χ0v) is 15.2. The Balaban J connectivity index is 0.000000970. The van der Waals surface area contributed by atoms with E-state index >= 15 is 0 Å². The van der Waals surface area contributed by atoms with E-state index in [0.29, 0.717) is 19.5 Å². The molecule has 0 aromatic rings. The predicted octanol–water partition coefficient (Wildman–Crippen LogP) is 0.503. The van der Waals surface area contributed by atoms with Gasteiger partial charge >= 0.3 is 0 Å². The molecule has 0 aromatic carbocycles. The Hall–Kier alpha value is -2.07. The molecule has 25 heavy (non-hydrogen) atoms. The third kappa shape index (κ3) is 6.75. The van der Waals surface area contributed by atoms with Crippen LogP contribution in [0.4, 0.5) is 0 Å². The Morgan fingerprint density at radius 1 is 1.24 bits per heavy atom. The third-order valence-electron chi connectivity index (χ3n) is 4.45. The molecule has 2 aliphatic rings. The number of carboxylic acid groups (broad SMARTS) is 1. The Bertz CT molecular complexity index is 512. The van der Waals surface area contributed by atoms with Gasteiger partial charge in [0, 0.05) is 52.1 Å². The van der Waals surface area contributed by atoms with Gasteiger partial charge in [-0.05, 0) is 13.3 Å². The molecule has 1 atom stereocenters. The number of hydrogen-bond donors (Lipinski definition) is 1. The lowest BCUT2D eigenvalue weighted by atomic mass is 10.1. The van der Waals surface area contributed by atoms with E-state index in [4.69, 9.17) is 9.90 Å². The van der Waals surface area contributed by atoms with Gasteiger partial charge in [0.05, 0.1) is 12.5 Å². The highest BCUT2D eigenvalue weighted by atomic mass is 16.3. The van der Waals surface area contributed by atoms with E-state index in [2.05, 4.69) is 23.7 Å². The molecule has 1 N–H and O–H groups in total. The molecule has 0 aromatic heterocycles. The van der Waals surface area contributed by atoms with Crippen molar-refractivity contribution < 1.29 is 19.5 Å². The van der Waals surface area contributed by atoms with Crippen LogP contribution in [-0.2, 0) is 14.4 Å². The second-order valence-electron chi connectivity index (χ2n) is 6.10. The minimum Gasteiger partial charge on any atom is -0.483 e. The Morgan fingerprint density at radius 3 is 2.56 bits per heavy atom. The molecule has 0 bridgehead atoms. The number of rotatable bonds is 3. The first-order valence-corrected chi connectivity index (χ1v) is 8.89. The normalized spacial score (nSPS) is 20.9. The van der Waals surface area contributed by atoms with Crippen molar-refractivity contribution in [3.05, 3.63) is 0 Å². The highest BCUT2D eigenvalue weighted by molar-refractivity contribution is 5.89. The predicted molar refractivity (Wildman–Crippen MR) is 94.8 cm³/mol. The van der Waals surface area contributed by atoms with Gasteiger partial charge in [0.1, 0.15) is 0 Å². The number of amides is 2. The van der Waals surface area contributed by atoms with Crippen LogP contribution in [0.3, 0.4) is 0 Å². The third-order valence-corrected chi connectivity index (χ3v) is 4.45.